The molecule has 1 aliphatic heterocycles. The molecule has 0 atom stereocenters. The lowest BCUT2D eigenvalue weighted by molar-refractivity contribution is 0.145. The van der Waals surface area contributed by atoms with Crippen LogP contribution >= 0.6 is 0 Å². The summed E-state index contributed by atoms with van der Waals surface area (Å²) < 4.78 is 0. The molecule has 0 saturated carbocycles. The molecule has 1 aliphatic rings. The van der Waals surface area contributed by atoms with E-state index in [0.29, 0.717) is 0 Å². The van der Waals surface area contributed by atoms with E-state index in [9.17, 15) is 5.11 Å². The second-order valence-corrected chi connectivity index (χ2v) is 4.57. The molecule has 17 heavy (non-hydrogen) atoms. The number of anilines is 1. The van der Waals surface area contributed by atoms with Crippen LogP contribution in [0.1, 0.15) is 12.8 Å². The molecular formula is C14H16N2O. The molecule has 1 fully saturated rings. The van der Waals surface area contributed by atoms with Gasteiger partial charge in [0.15, 0.2) is 0 Å². The molecule has 3 nitrogen and oxygen atoms in total. The van der Waals surface area contributed by atoms with Crippen LogP contribution < -0.4 is 4.90 Å². The third-order valence-corrected chi connectivity index (χ3v) is 3.43. The van der Waals surface area contributed by atoms with Gasteiger partial charge in [-0.15, -0.1) is 0 Å². The van der Waals surface area contributed by atoms with Crippen LogP contribution in [0, 0.1) is 0 Å². The number of benzene rings is 1. The maximum absolute atomic E-state index is 9.55. The molecular weight excluding hydrogens is 212 g/mol. The van der Waals surface area contributed by atoms with Gasteiger partial charge in [-0.3, -0.25) is 4.98 Å². The minimum atomic E-state index is -0.126. The molecule has 0 bridgehead atoms. The van der Waals surface area contributed by atoms with E-state index in [4.69, 9.17) is 0 Å². The number of nitrogens with zero attached hydrogens (tertiary/aromatic N) is 2. The topological polar surface area (TPSA) is 36.4 Å². The van der Waals surface area contributed by atoms with Gasteiger partial charge in [0.2, 0.25) is 0 Å². The zero-order valence-corrected chi connectivity index (χ0v) is 9.71. The van der Waals surface area contributed by atoms with E-state index >= 15 is 0 Å². The van der Waals surface area contributed by atoms with Gasteiger partial charge in [-0.05, 0) is 25.0 Å². The standard InChI is InChI=1S/C14H16N2O/c17-11-6-9-16(10-7-11)14-5-8-15-13-4-2-1-3-12(13)14/h1-5,8,11,17H,6-7,9-10H2. The first kappa shape index (κ1) is 10.5. The lowest BCUT2D eigenvalue weighted by atomic mass is 10.1. The SMILES string of the molecule is OC1CCN(c2ccnc3ccccc23)CC1. The highest BCUT2D eigenvalue weighted by atomic mass is 16.3. The minimum absolute atomic E-state index is 0.126. The van der Waals surface area contributed by atoms with E-state index < -0.39 is 0 Å². The summed E-state index contributed by atoms with van der Waals surface area (Å²) in [5, 5.41) is 10.7. The summed E-state index contributed by atoms with van der Waals surface area (Å²) in [6.07, 6.45) is 3.45. The molecule has 1 N–H and O–H groups in total. The number of hydrogen-bond donors (Lipinski definition) is 1. The number of para-hydroxylation sites is 1. The smallest absolute Gasteiger partial charge is 0.0722 e. The van der Waals surface area contributed by atoms with Gasteiger partial charge in [0.05, 0.1) is 11.6 Å². The molecule has 0 aliphatic carbocycles. The van der Waals surface area contributed by atoms with Gasteiger partial charge in [0.1, 0.15) is 0 Å². The summed E-state index contributed by atoms with van der Waals surface area (Å²) in [7, 11) is 0. The van der Waals surface area contributed by atoms with E-state index in [1.807, 2.05) is 24.4 Å². The average molecular weight is 228 g/mol. The summed E-state index contributed by atoms with van der Waals surface area (Å²) in [5.74, 6) is 0. The Labute approximate surface area is 101 Å². The number of aliphatic hydroxyl groups excluding tert-OH is 1. The number of aliphatic hydroxyl groups is 1. The Morgan fingerprint density at radius 3 is 2.71 bits per heavy atom. The van der Waals surface area contributed by atoms with Crippen molar-refractivity contribution in [1.82, 2.24) is 4.98 Å². The number of fused-ring (bicyclic) bond motifs is 1. The molecule has 0 spiro atoms. The minimum Gasteiger partial charge on any atom is -0.393 e. The third-order valence-electron chi connectivity index (χ3n) is 3.43. The monoisotopic (exact) mass is 228 g/mol. The molecule has 3 rings (SSSR count). The number of aromatic nitrogens is 1. The van der Waals surface area contributed by atoms with Crippen molar-refractivity contribution < 1.29 is 5.11 Å². The molecule has 0 unspecified atom stereocenters. The second-order valence-electron chi connectivity index (χ2n) is 4.57. The zero-order chi connectivity index (χ0) is 11.7. The van der Waals surface area contributed by atoms with Gasteiger partial charge in [0, 0.05) is 30.4 Å². The van der Waals surface area contributed by atoms with E-state index in [1.165, 1.54) is 11.1 Å². The van der Waals surface area contributed by atoms with Crippen LogP contribution in [-0.4, -0.2) is 29.3 Å². The molecule has 1 saturated heterocycles. The van der Waals surface area contributed by atoms with Gasteiger partial charge >= 0.3 is 0 Å². The number of piperidine rings is 1. The van der Waals surface area contributed by atoms with E-state index in [1.54, 1.807) is 0 Å². The highest BCUT2D eigenvalue weighted by Crippen LogP contribution is 2.27. The number of pyridine rings is 1. The average Bonchev–Trinajstić information content (AvgIpc) is 2.39. The highest BCUT2D eigenvalue weighted by Gasteiger charge is 2.18. The van der Waals surface area contributed by atoms with Crippen LogP contribution in [0.2, 0.25) is 0 Å². The Morgan fingerprint density at radius 1 is 1.12 bits per heavy atom. The highest BCUT2D eigenvalue weighted by molar-refractivity contribution is 5.91. The summed E-state index contributed by atoms with van der Waals surface area (Å²) in [4.78, 5) is 6.72. The Bertz CT molecular complexity index is 513. The van der Waals surface area contributed by atoms with Crippen molar-refractivity contribution in [2.75, 3.05) is 18.0 Å². The molecule has 0 radical (unpaired) electrons. The van der Waals surface area contributed by atoms with Crippen LogP contribution in [-0.2, 0) is 0 Å². The van der Waals surface area contributed by atoms with E-state index in [-0.39, 0.29) is 6.10 Å². The van der Waals surface area contributed by atoms with Crippen LogP contribution in [0.5, 0.6) is 0 Å². The van der Waals surface area contributed by atoms with Gasteiger partial charge in [-0.1, -0.05) is 18.2 Å². The summed E-state index contributed by atoms with van der Waals surface area (Å²) in [6, 6.07) is 10.3. The van der Waals surface area contributed by atoms with Crippen molar-refractivity contribution in [3.05, 3.63) is 36.5 Å². The second kappa shape index (κ2) is 4.34. The Kier molecular flexibility index (Phi) is 2.69. The van der Waals surface area contributed by atoms with Gasteiger partial charge in [0.25, 0.3) is 0 Å². The van der Waals surface area contributed by atoms with Gasteiger partial charge in [-0.25, -0.2) is 0 Å². The predicted molar refractivity (Wildman–Crippen MR) is 69.2 cm³/mol. The fourth-order valence-electron chi connectivity index (χ4n) is 2.46. The quantitative estimate of drug-likeness (QED) is 0.813. The molecule has 1 aromatic carbocycles. The summed E-state index contributed by atoms with van der Waals surface area (Å²) in [5.41, 5.74) is 2.28. The van der Waals surface area contributed by atoms with Crippen LogP contribution in [0.4, 0.5) is 5.69 Å². The van der Waals surface area contributed by atoms with Crippen molar-refractivity contribution in [2.45, 2.75) is 18.9 Å². The number of hydrogen-bond acceptors (Lipinski definition) is 3. The fraction of sp³-hybridized carbons (Fsp3) is 0.357. The molecule has 2 heterocycles. The largest absolute Gasteiger partial charge is 0.393 e. The Hall–Kier alpha value is -1.61. The van der Waals surface area contributed by atoms with Crippen LogP contribution in [0.15, 0.2) is 36.5 Å². The van der Waals surface area contributed by atoms with Crippen LogP contribution in [0.25, 0.3) is 10.9 Å². The lowest BCUT2D eigenvalue weighted by Crippen LogP contribution is -2.35. The van der Waals surface area contributed by atoms with Crippen molar-refractivity contribution in [3.8, 4) is 0 Å². The molecule has 3 heteroatoms. The van der Waals surface area contributed by atoms with Crippen molar-refractivity contribution >= 4 is 16.6 Å². The fourth-order valence-corrected chi connectivity index (χ4v) is 2.46. The normalized spacial score (nSPS) is 17.6. The molecule has 0 amide bonds. The molecule has 2 aromatic rings. The predicted octanol–water partition coefficient (Wildman–Crippen LogP) is 2.20. The zero-order valence-electron chi connectivity index (χ0n) is 9.71. The Balaban J connectivity index is 2.00. The summed E-state index contributed by atoms with van der Waals surface area (Å²) >= 11 is 0. The van der Waals surface area contributed by atoms with Crippen molar-refractivity contribution in [2.24, 2.45) is 0 Å². The van der Waals surface area contributed by atoms with Crippen molar-refractivity contribution in [1.29, 1.82) is 0 Å². The van der Waals surface area contributed by atoms with Gasteiger partial charge < -0.3 is 10.0 Å². The maximum Gasteiger partial charge on any atom is 0.0722 e. The first-order valence-electron chi connectivity index (χ1n) is 6.11. The van der Waals surface area contributed by atoms with E-state index in [0.717, 1.165) is 31.4 Å². The third kappa shape index (κ3) is 1.98. The summed E-state index contributed by atoms with van der Waals surface area (Å²) in [6.45, 7) is 1.85. The Morgan fingerprint density at radius 2 is 1.88 bits per heavy atom. The first-order chi connectivity index (χ1) is 8.34. The molecule has 88 valence electrons. The van der Waals surface area contributed by atoms with E-state index in [2.05, 4.69) is 22.0 Å². The van der Waals surface area contributed by atoms with Gasteiger partial charge in [-0.2, -0.15) is 0 Å². The maximum atomic E-state index is 9.55. The first-order valence-corrected chi connectivity index (χ1v) is 6.11. The van der Waals surface area contributed by atoms with Crippen molar-refractivity contribution in [3.63, 3.8) is 0 Å². The van der Waals surface area contributed by atoms with Crippen LogP contribution in [0.3, 0.4) is 0 Å². The number of rotatable bonds is 1. The lowest BCUT2D eigenvalue weighted by Gasteiger charge is -2.32. The molecule has 1 aromatic heterocycles.